The van der Waals surface area contributed by atoms with Gasteiger partial charge in [-0.25, -0.2) is 0 Å². The molecule has 0 spiro atoms. The first-order valence-electron chi connectivity index (χ1n) is 7.33. The second-order valence-corrected chi connectivity index (χ2v) is 5.25. The third-order valence-corrected chi connectivity index (χ3v) is 3.40. The molecule has 0 aliphatic carbocycles. The van der Waals surface area contributed by atoms with Crippen molar-refractivity contribution in [3.05, 3.63) is 71.1 Å². The molecule has 0 saturated carbocycles. The average Bonchev–Trinajstić information content (AvgIpc) is 3.02. The maximum absolute atomic E-state index is 5.21. The van der Waals surface area contributed by atoms with Crippen molar-refractivity contribution in [1.82, 2.24) is 10.1 Å². The van der Waals surface area contributed by atoms with Crippen LogP contribution >= 0.6 is 0 Å². The molecule has 0 bridgehead atoms. The van der Waals surface area contributed by atoms with E-state index in [1.807, 2.05) is 62.4 Å². The zero-order valence-electron chi connectivity index (χ0n) is 13.1. The van der Waals surface area contributed by atoms with Gasteiger partial charge in [0, 0.05) is 5.56 Å². The van der Waals surface area contributed by atoms with E-state index in [0.29, 0.717) is 11.7 Å². The summed E-state index contributed by atoms with van der Waals surface area (Å²) in [6.45, 7) is 4.19. The zero-order chi connectivity index (χ0) is 16.1. The topological polar surface area (TPSA) is 60.5 Å². The third kappa shape index (κ3) is 3.83. The van der Waals surface area contributed by atoms with Gasteiger partial charge in [0.05, 0.1) is 6.21 Å². The summed E-state index contributed by atoms with van der Waals surface area (Å²) in [6.07, 6.45) is 1.65. The molecule has 0 amide bonds. The van der Waals surface area contributed by atoms with Gasteiger partial charge in [-0.15, -0.1) is 0 Å². The Kier molecular flexibility index (Phi) is 4.47. The minimum atomic E-state index is 0.140. The number of oxime groups is 1. The quantitative estimate of drug-likeness (QED) is 0.530. The van der Waals surface area contributed by atoms with Gasteiger partial charge in [-0.3, -0.25) is 0 Å². The largest absolute Gasteiger partial charge is 0.386 e. The smallest absolute Gasteiger partial charge is 0.267 e. The van der Waals surface area contributed by atoms with Gasteiger partial charge in [0.2, 0.25) is 5.82 Å². The number of nitrogens with zero attached hydrogens (tertiary/aromatic N) is 3. The lowest BCUT2D eigenvalue weighted by Gasteiger charge is -1.98. The highest BCUT2D eigenvalue weighted by molar-refractivity contribution is 5.79. The third-order valence-electron chi connectivity index (χ3n) is 3.40. The van der Waals surface area contributed by atoms with E-state index in [-0.39, 0.29) is 6.61 Å². The lowest BCUT2D eigenvalue weighted by Crippen LogP contribution is -1.89. The zero-order valence-corrected chi connectivity index (χ0v) is 13.1. The van der Waals surface area contributed by atoms with Crippen molar-refractivity contribution in [3.63, 3.8) is 0 Å². The monoisotopic (exact) mass is 307 g/mol. The van der Waals surface area contributed by atoms with Crippen LogP contribution in [0.5, 0.6) is 0 Å². The molecule has 0 aliphatic heterocycles. The standard InChI is InChI=1S/C18H17N3O2/c1-13-7-9-15(10-8-13)11-19-22-12-17-20-18(21-23-17)16-6-4-3-5-14(16)2/h3-11H,12H2,1-2H3/b19-11-. The molecule has 3 aromatic rings. The van der Waals surface area contributed by atoms with E-state index in [4.69, 9.17) is 9.36 Å². The summed E-state index contributed by atoms with van der Waals surface area (Å²) in [7, 11) is 0. The maximum atomic E-state index is 5.21. The molecule has 1 heterocycles. The Morgan fingerprint density at radius 2 is 1.87 bits per heavy atom. The molecule has 1 aromatic heterocycles. The van der Waals surface area contributed by atoms with Gasteiger partial charge < -0.3 is 9.36 Å². The molecular formula is C18H17N3O2. The van der Waals surface area contributed by atoms with Crippen LogP contribution in [0, 0.1) is 13.8 Å². The van der Waals surface area contributed by atoms with Crippen LogP contribution in [-0.2, 0) is 11.4 Å². The molecule has 3 rings (SSSR count). The Morgan fingerprint density at radius 1 is 1.09 bits per heavy atom. The summed E-state index contributed by atoms with van der Waals surface area (Å²) in [4.78, 5) is 9.53. The first-order chi connectivity index (χ1) is 11.2. The molecule has 0 aliphatic rings. The van der Waals surface area contributed by atoms with Crippen LogP contribution in [-0.4, -0.2) is 16.4 Å². The maximum Gasteiger partial charge on any atom is 0.267 e. The average molecular weight is 307 g/mol. The number of benzene rings is 2. The molecular weight excluding hydrogens is 290 g/mol. The van der Waals surface area contributed by atoms with E-state index in [1.54, 1.807) is 6.21 Å². The van der Waals surface area contributed by atoms with Crippen molar-refractivity contribution in [3.8, 4) is 11.4 Å². The molecule has 0 unspecified atom stereocenters. The minimum absolute atomic E-state index is 0.140. The highest BCUT2D eigenvalue weighted by Gasteiger charge is 2.10. The van der Waals surface area contributed by atoms with Gasteiger partial charge in [0.1, 0.15) is 0 Å². The van der Waals surface area contributed by atoms with Gasteiger partial charge in [0.25, 0.3) is 5.89 Å². The molecule has 5 heteroatoms. The van der Waals surface area contributed by atoms with Crippen molar-refractivity contribution in [2.75, 3.05) is 0 Å². The SMILES string of the molecule is Cc1ccc(/C=N\OCc2nc(-c3ccccc3C)no2)cc1. The summed E-state index contributed by atoms with van der Waals surface area (Å²) >= 11 is 0. The second kappa shape index (κ2) is 6.87. The number of hydrogen-bond donors (Lipinski definition) is 0. The number of aryl methyl sites for hydroxylation is 2. The molecule has 0 saturated heterocycles. The molecule has 0 radical (unpaired) electrons. The van der Waals surface area contributed by atoms with Crippen molar-refractivity contribution in [1.29, 1.82) is 0 Å². The fourth-order valence-corrected chi connectivity index (χ4v) is 2.09. The normalized spacial score (nSPS) is 11.0. The van der Waals surface area contributed by atoms with Gasteiger partial charge in [-0.2, -0.15) is 4.98 Å². The minimum Gasteiger partial charge on any atom is -0.386 e. The van der Waals surface area contributed by atoms with Gasteiger partial charge in [0.15, 0.2) is 6.61 Å². The lowest BCUT2D eigenvalue weighted by atomic mass is 10.1. The van der Waals surface area contributed by atoms with E-state index in [2.05, 4.69) is 15.3 Å². The predicted molar refractivity (Wildman–Crippen MR) is 88.0 cm³/mol. The lowest BCUT2D eigenvalue weighted by molar-refractivity contribution is 0.107. The Morgan fingerprint density at radius 3 is 2.65 bits per heavy atom. The molecule has 0 atom stereocenters. The van der Waals surface area contributed by atoms with Crippen LogP contribution < -0.4 is 0 Å². The Balaban J connectivity index is 1.59. The fourth-order valence-electron chi connectivity index (χ4n) is 2.09. The predicted octanol–water partition coefficient (Wildman–Crippen LogP) is 3.90. The van der Waals surface area contributed by atoms with Crippen molar-refractivity contribution < 1.29 is 9.36 Å². The summed E-state index contributed by atoms with van der Waals surface area (Å²) in [5, 5.41) is 7.89. The summed E-state index contributed by atoms with van der Waals surface area (Å²) < 4.78 is 5.18. The summed E-state index contributed by atoms with van der Waals surface area (Å²) in [5.74, 6) is 0.952. The molecule has 116 valence electrons. The van der Waals surface area contributed by atoms with E-state index in [1.165, 1.54) is 5.56 Å². The van der Waals surface area contributed by atoms with E-state index in [0.717, 1.165) is 16.7 Å². The Hall–Kier alpha value is -2.95. The molecule has 0 N–H and O–H groups in total. The van der Waals surface area contributed by atoms with Crippen molar-refractivity contribution in [2.24, 2.45) is 5.16 Å². The summed E-state index contributed by atoms with van der Waals surface area (Å²) in [5.41, 5.74) is 4.23. The number of aromatic nitrogens is 2. The van der Waals surface area contributed by atoms with Gasteiger partial charge >= 0.3 is 0 Å². The van der Waals surface area contributed by atoms with Crippen LogP contribution in [0.4, 0.5) is 0 Å². The number of hydrogen-bond acceptors (Lipinski definition) is 5. The highest BCUT2D eigenvalue weighted by atomic mass is 16.6. The van der Waals surface area contributed by atoms with Crippen LogP contribution in [0.3, 0.4) is 0 Å². The molecule has 5 nitrogen and oxygen atoms in total. The van der Waals surface area contributed by atoms with Crippen LogP contribution in [0.1, 0.15) is 22.6 Å². The Labute approximate surface area is 134 Å². The number of rotatable bonds is 5. The van der Waals surface area contributed by atoms with E-state index < -0.39 is 0 Å². The Bertz CT molecular complexity index is 807. The van der Waals surface area contributed by atoms with Gasteiger partial charge in [-0.1, -0.05) is 64.4 Å². The fraction of sp³-hybridized carbons (Fsp3) is 0.167. The highest BCUT2D eigenvalue weighted by Crippen LogP contribution is 2.19. The van der Waals surface area contributed by atoms with Crippen LogP contribution in [0.2, 0.25) is 0 Å². The van der Waals surface area contributed by atoms with Crippen molar-refractivity contribution >= 4 is 6.21 Å². The van der Waals surface area contributed by atoms with Gasteiger partial charge in [-0.05, 0) is 25.0 Å². The summed E-state index contributed by atoms with van der Waals surface area (Å²) in [6, 6.07) is 15.9. The molecule has 23 heavy (non-hydrogen) atoms. The molecule has 2 aromatic carbocycles. The second-order valence-electron chi connectivity index (χ2n) is 5.25. The van der Waals surface area contributed by atoms with E-state index >= 15 is 0 Å². The molecule has 0 fully saturated rings. The van der Waals surface area contributed by atoms with Crippen LogP contribution in [0.25, 0.3) is 11.4 Å². The first kappa shape index (κ1) is 15.0. The van der Waals surface area contributed by atoms with Crippen molar-refractivity contribution in [2.45, 2.75) is 20.5 Å². The van der Waals surface area contributed by atoms with E-state index in [9.17, 15) is 0 Å². The van der Waals surface area contributed by atoms with Crippen LogP contribution in [0.15, 0.2) is 58.2 Å². The first-order valence-corrected chi connectivity index (χ1v) is 7.33.